The van der Waals surface area contributed by atoms with Gasteiger partial charge in [-0.3, -0.25) is 0 Å². The van der Waals surface area contributed by atoms with Crippen molar-refractivity contribution in [1.82, 2.24) is 0 Å². The molecule has 0 spiro atoms. The van der Waals surface area contributed by atoms with Crippen LogP contribution >= 0.6 is 0 Å². The SMILES string of the molecule is NC[C@H]1[C@@H](c2ccc3c(c2)OCO3)[C@@H]1S(=O)(=O)c1ccccc1. The van der Waals surface area contributed by atoms with Gasteiger partial charge in [-0.15, -0.1) is 0 Å². The lowest BCUT2D eigenvalue weighted by atomic mass is 10.1. The van der Waals surface area contributed by atoms with Crippen molar-refractivity contribution in [2.45, 2.75) is 16.1 Å². The molecule has 2 aliphatic rings. The number of benzene rings is 2. The summed E-state index contributed by atoms with van der Waals surface area (Å²) in [4.78, 5) is 0.353. The first kappa shape index (κ1) is 14.5. The molecule has 1 heterocycles. The van der Waals surface area contributed by atoms with Gasteiger partial charge in [-0.25, -0.2) is 8.42 Å². The molecule has 1 aliphatic heterocycles. The molecular formula is C17H17NO4S. The minimum Gasteiger partial charge on any atom is -0.454 e. The fourth-order valence-electron chi connectivity index (χ4n) is 3.37. The average Bonchev–Trinajstić information content (AvgIpc) is 3.15. The van der Waals surface area contributed by atoms with E-state index in [-0.39, 0.29) is 18.6 Å². The maximum absolute atomic E-state index is 12.9. The lowest BCUT2D eigenvalue weighted by Crippen LogP contribution is -2.13. The number of hydrogen-bond acceptors (Lipinski definition) is 5. The molecular weight excluding hydrogens is 314 g/mol. The molecule has 0 radical (unpaired) electrons. The predicted octanol–water partition coefficient (Wildman–Crippen LogP) is 1.93. The van der Waals surface area contributed by atoms with E-state index in [0.29, 0.717) is 22.9 Å². The van der Waals surface area contributed by atoms with Gasteiger partial charge >= 0.3 is 0 Å². The molecule has 5 nitrogen and oxygen atoms in total. The van der Waals surface area contributed by atoms with E-state index in [1.807, 2.05) is 24.3 Å². The molecule has 2 aromatic carbocycles. The molecule has 2 aromatic rings. The second kappa shape index (κ2) is 5.25. The number of hydrogen-bond donors (Lipinski definition) is 1. The Morgan fingerprint density at radius 2 is 1.78 bits per heavy atom. The van der Waals surface area contributed by atoms with Crippen LogP contribution < -0.4 is 15.2 Å². The highest BCUT2D eigenvalue weighted by Gasteiger charge is 2.58. The van der Waals surface area contributed by atoms with Crippen molar-refractivity contribution >= 4 is 9.84 Å². The van der Waals surface area contributed by atoms with Crippen molar-refractivity contribution in [3.8, 4) is 11.5 Å². The minimum atomic E-state index is -3.39. The van der Waals surface area contributed by atoms with E-state index in [2.05, 4.69) is 0 Å². The number of rotatable bonds is 4. The molecule has 6 heteroatoms. The standard InChI is InChI=1S/C17H17NO4S/c18-9-13-16(11-6-7-14-15(8-11)22-10-21-14)17(13)23(19,20)12-4-2-1-3-5-12/h1-8,13,16-17H,9-10,18H2/t13-,16+,17+/m0/s1. The van der Waals surface area contributed by atoms with Crippen molar-refractivity contribution in [2.75, 3.05) is 13.3 Å². The minimum absolute atomic E-state index is 0.0689. The Bertz CT molecular complexity index is 835. The van der Waals surface area contributed by atoms with Crippen LogP contribution in [0.5, 0.6) is 11.5 Å². The number of ether oxygens (including phenoxy) is 2. The van der Waals surface area contributed by atoms with E-state index in [1.54, 1.807) is 24.3 Å². The van der Waals surface area contributed by atoms with Crippen LogP contribution in [0.2, 0.25) is 0 Å². The maximum Gasteiger partial charge on any atom is 0.231 e. The van der Waals surface area contributed by atoms with Crippen molar-refractivity contribution < 1.29 is 17.9 Å². The second-order valence-corrected chi connectivity index (χ2v) is 7.97. The first-order chi connectivity index (χ1) is 11.1. The molecule has 0 unspecified atom stereocenters. The zero-order valence-corrected chi connectivity index (χ0v) is 13.2. The summed E-state index contributed by atoms with van der Waals surface area (Å²) >= 11 is 0. The third-order valence-corrected chi connectivity index (χ3v) is 6.87. The number of nitrogens with two attached hydrogens (primary N) is 1. The lowest BCUT2D eigenvalue weighted by Gasteiger charge is -2.05. The molecule has 3 atom stereocenters. The van der Waals surface area contributed by atoms with Gasteiger partial charge in [-0.1, -0.05) is 24.3 Å². The first-order valence-corrected chi connectivity index (χ1v) is 9.06. The van der Waals surface area contributed by atoms with Crippen LogP contribution in [0.25, 0.3) is 0 Å². The van der Waals surface area contributed by atoms with Gasteiger partial charge in [0.1, 0.15) is 0 Å². The highest BCUT2D eigenvalue weighted by atomic mass is 32.2. The van der Waals surface area contributed by atoms with Crippen LogP contribution in [0.1, 0.15) is 11.5 Å². The first-order valence-electron chi connectivity index (χ1n) is 7.51. The monoisotopic (exact) mass is 331 g/mol. The van der Waals surface area contributed by atoms with Gasteiger partial charge in [0.2, 0.25) is 6.79 Å². The summed E-state index contributed by atoms with van der Waals surface area (Å²) in [5, 5.41) is -0.477. The topological polar surface area (TPSA) is 78.6 Å². The molecule has 4 rings (SSSR count). The Morgan fingerprint density at radius 3 is 2.52 bits per heavy atom. The summed E-state index contributed by atoms with van der Waals surface area (Å²) in [6.07, 6.45) is 0. The molecule has 23 heavy (non-hydrogen) atoms. The predicted molar refractivity (Wildman–Crippen MR) is 85.3 cm³/mol. The van der Waals surface area contributed by atoms with Crippen molar-refractivity contribution in [2.24, 2.45) is 11.7 Å². The summed E-state index contributed by atoms with van der Waals surface area (Å²) in [6.45, 7) is 0.547. The highest BCUT2D eigenvalue weighted by molar-refractivity contribution is 7.92. The maximum atomic E-state index is 12.9. The van der Waals surface area contributed by atoms with Crippen LogP contribution in [0.4, 0.5) is 0 Å². The zero-order chi connectivity index (χ0) is 16.0. The van der Waals surface area contributed by atoms with Crippen LogP contribution in [-0.2, 0) is 9.84 Å². The van der Waals surface area contributed by atoms with Crippen LogP contribution in [-0.4, -0.2) is 27.0 Å². The number of sulfone groups is 1. The van der Waals surface area contributed by atoms with Crippen LogP contribution in [0, 0.1) is 5.92 Å². The van der Waals surface area contributed by atoms with Gasteiger partial charge in [0.15, 0.2) is 21.3 Å². The summed E-state index contributed by atoms with van der Waals surface area (Å²) in [6, 6.07) is 14.2. The van der Waals surface area contributed by atoms with Gasteiger partial charge in [-0.2, -0.15) is 0 Å². The average molecular weight is 331 g/mol. The van der Waals surface area contributed by atoms with E-state index in [0.717, 1.165) is 5.56 Å². The Labute approximate surface area is 134 Å². The van der Waals surface area contributed by atoms with Gasteiger partial charge < -0.3 is 15.2 Å². The van der Waals surface area contributed by atoms with Crippen molar-refractivity contribution in [3.05, 3.63) is 54.1 Å². The summed E-state index contributed by atoms with van der Waals surface area (Å²) in [7, 11) is -3.39. The molecule has 0 saturated heterocycles. The molecule has 1 saturated carbocycles. The van der Waals surface area contributed by atoms with E-state index in [9.17, 15) is 8.42 Å². The van der Waals surface area contributed by atoms with E-state index < -0.39 is 15.1 Å². The van der Waals surface area contributed by atoms with Gasteiger partial charge in [0.05, 0.1) is 10.1 Å². The fourth-order valence-corrected chi connectivity index (χ4v) is 5.62. The molecule has 1 aliphatic carbocycles. The lowest BCUT2D eigenvalue weighted by molar-refractivity contribution is 0.174. The zero-order valence-electron chi connectivity index (χ0n) is 12.4. The second-order valence-electron chi connectivity index (χ2n) is 5.86. The molecule has 1 fully saturated rings. The quantitative estimate of drug-likeness (QED) is 0.926. The normalized spacial score (nSPS) is 25.3. The van der Waals surface area contributed by atoms with Gasteiger partial charge in [-0.05, 0) is 42.3 Å². The Hall–Kier alpha value is -2.05. The molecule has 0 aromatic heterocycles. The molecule has 120 valence electrons. The fraction of sp³-hybridized carbons (Fsp3) is 0.294. The van der Waals surface area contributed by atoms with E-state index in [4.69, 9.17) is 15.2 Å². The van der Waals surface area contributed by atoms with E-state index in [1.165, 1.54) is 0 Å². The Kier molecular flexibility index (Phi) is 3.32. The largest absolute Gasteiger partial charge is 0.454 e. The number of fused-ring (bicyclic) bond motifs is 1. The summed E-state index contributed by atoms with van der Waals surface area (Å²) in [5.74, 6) is 1.20. The highest BCUT2D eigenvalue weighted by Crippen LogP contribution is 2.54. The Morgan fingerprint density at radius 1 is 1.04 bits per heavy atom. The van der Waals surface area contributed by atoms with Crippen molar-refractivity contribution in [3.63, 3.8) is 0 Å². The molecule has 0 amide bonds. The van der Waals surface area contributed by atoms with Crippen molar-refractivity contribution in [1.29, 1.82) is 0 Å². The van der Waals surface area contributed by atoms with Crippen LogP contribution in [0.15, 0.2) is 53.4 Å². The van der Waals surface area contributed by atoms with Gasteiger partial charge in [0.25, 0.3) is 0 Å². The Balaban J connectivity index is 1.68. The third kappa shape index (κ3) is 2.29. The van der Waals surface area contributed by atoms with Gasteiger partial charge in [0, 0.05) is 5.92 Å². The summed E-state index contributed by atoms with van der Waals surface area (Å²) < 4.78 is 36.4. The smallest absolute Gasteiger partial charge is 0.231 e. The summed E-state index contributed by atoms with van der Waals surface area (Å²) in [5.41, 5.74) is 6.76. The molecule has 2 N–H and O–H groups in total. The van der Waals surface area contributed by atoms with Crippen LogP contribution in [0.3, 0.4) is 0 Å². The van der Waals surface area contributed by atoms with E-state index >= 15 is 0 Å². The molecule has 0 bridgehead atoms. The third-order valence-electron chi connectivity index (χ3n) is 4.58.